The summed E-state index contributed by atoms with van der Waals surface area (Å²) in [6.45, 7) is 0.0260. The summed E-state index contributed by atoms with van der Waals surface area (Å²) < 4.78 is 4.56. The third-order valence-electron chi connectivity index (χ3n) is 2.76. The van der Waals surface area contributed by atoms with Gasteiger partial charge in [-0.1, -0.05) is 29.4 Å². The van der Waals surface area contributed by atoms with Gasteiger partial charge < -0.3 is 9.84 Å². The first-order valence-electron chi connectivity index (χ1n) is 6.02. The monoisotopic (exact) mass is 263 g/mol. The lowest BCUT2D eigenvalue weighted by Crippen LogP contribution is -2.02. The van der Waals surface area contributed by atoms with Crippen molar-refractivity contribution in [3.63, 3.8) is 0 Å². The van der Waals surface area contributed by atoms with E-state index in [0.717, 1.165) is 18.4 Å². The zero-order chi connectivity index (χ0) is 14.1. The van der Waals surface area contributed by atoms with Crippen LogP contribution in [0.15, 0.2) is 29.4 Å². The summed E-state index contributed by atoms with van der Waals surface area (Å²) in [7, 11) is 1.38. The smallest absolute Gasteiger partial charge is 0.305 e. The molecule has 1 aromatic carbocycles. The lowest BCUT2D eigenvalue weighted by Gasteiger charge is -2.08. The second kappa shape index (κ2) is 8.13. The van der Waals surface area contributed by atoms with Gasteiger partial charge in [-0.3, -0.25) is 4.79 Å². The second-order valence-electron chi connectivity index (χ2n) is 4.10. The predicted molar refractivity (Wildman–Crippen MR) is 70.4 cm³/mol. The molecule has 0 radical (unpaired) electrons. The molecule has 19 heavy (non-hydrogen) atoms. The lowest BCUT2D eigenvalue weighted by molar-refractivity contribution is -0.140. The fraction of sp³-hybridized carbons (Fsp3) is 0.462. The first-order valence-corrected chi connectivity index (χ1v) is 6.02. The first-order chi connectivity index (χ1) is 9.17. The van der Waals surface area contributed by atoms with E-state index < -0.39 is 6.10 Å². The molecular weight excluding hydrogens is 246 g/mol. The fourth-order valence-electron chi connectivity index (χ4n) is 1.66. The Hall–Kier alpha value is -2.04. The van der Waals surface area contributed by atoms with Crippen molar-refractivity contribution < 1.29 is 14.6 Å². The van der Waals surface area contributed by atoms with Crippen LogP contribution in [-0.4, -0.2) is 24.7 Å². The van der Waals surface area contributed by atoms with E-state index in [-0.39, 0.29) is 12.5 Å². The van der Waals surface area contributed by atoms with Crippen LogP contribution in [0.5, 0.6) is 0 Å². The molecule has 1 rings (SSSR count). The summed E-state index contributed by atoms with van der Waals surface area (Å²) in [5, 5.41) is 13.0. The Morgan fingerprint density at radius 1 is 1.47 bits per heavy atom. The number of azide groups is 1. The number of carbonyl (C=O) groups is 1. The number of ether oxygens (including phenoxy) is 1. The first kappa shape index (κ1) is 15.0. The van der Waals surface area contributed by atoms with Crippen LogP contribution in [0, 0.1) is 0 Å². The Kier molecular flexibility index (Phi) is 6.43. The van der Waals surface area contributed by atoms with E-state index in [2.05, 4.69) is 14.8 Å². The van der Waals surface area contributed by atoms with Crippen LogP contribution >= 0.6 is 0 Å². The van der Waals surface area contributed by atoms with Crippen molar-refractivity contribution >= 4 is 5.97 Å². The highest BCUT2D eigenvalue weighted by molar-refractivity contribution is 5.69. The minimum absolute atomic E-state index is 0.0260. The SMILES string of the molecule is COC(=O)CCCc1ccc(C(O)CN=[N+]=[N-])cc1. The Balaban J connectivity index is 2.47. The molecule has 1 aromatic rings. The molecule has 0 amide bonds. The molecule has 1 atom stereocenters. The molecule has 0 aromatic heterocycles. The molecule has 6 heteroatoms. The number of esters is 1. The van der Waals surface area contributed by atoms with E-state index in [1.807, 2.05) is 12.1 Å². The van der Waals surface area contributed by atoms with Crippen LogP contribution in [0.4, 0.5) is 0 Å². The van der Waals surface area contributed by atoms with E-state index in [4.69, 9.17) is 5.53 Å². The van der Waals surface area contributed by atoms with E-state index >= 15 is 0 Å². The van der Waals surface area contributed by atoms with Crippen LogP contribution in [0.2, 0.25) is 0 Å². The van der Waals surface area contributed by atoms with Crippen LogP contribution < -0.4 is 0 Å². The Morgan fingerprint density at radius 2 is 2.16 bits per heavy atom. The average molecular weight is 263 g/mol. The number of rotatable bonds is 7. The number of methoxy groups -OCH3 is 1. The molecule has 0 aliphatic rings. The van der Waals surface area contributed by atoms with Gasteiger partial charge in [0.1, 0.15) is 0 Å². The van der Waals surface area contributed by atoms with E-state index in [1.54, 1.807) is 12.1 Å². The molecule has 0 fully saturated rings. The van der Waals surface area contributed by atoms with Gasteiger partial charge in [0, 0.05) is 11.3 Å². The topological polar surface area (TPSA) is 95.3 Å². The maximum atomic E-state index is 11.0. The Morgan fingerprint density at radius 3 is 2.74 bits per heavy atom. The minimum atomic E-state index is -0.778. The number of hydrogen-bond donors (Lipinski definition) is 1. The molecule has 0 saturated heterocycles. The number of hydrogen-bond acceptors (Lipinski definition) is 4. The summed E-state index contributed by atoms with van der Waals surface area (Å²) in [4.78, 5) is 13.6. The highest BCUT2D eigenvalue weighted by Crippen LogP contribution is 2.15. The van der Waals surface area contributed by atoms with Crippen molar-refractivity contribution in [1.29, 1.82) is 0 Å². The number of carbonyl (C=O) groups excluding carboxylic acids is 1. The molecule has 0 heterocycles. The summed E-state index contributed by atoms with van der Waals surface area (Å²) in [5.74, 6) is -0.207. The van der Waals surface area contributed by atoms with Crippen molar-refractivity contribution in [3.05, 3.63) is 45.8 Å². The molecule has 6 nitrogen and oxygen atoms in total. The maximum Gasteiger partial charge on any atom is 0.305 e. The molecule has 102 valence electrons. The third kappa shape index (κ3) is 5.42. The summed E-state index contributed by atoms with van der Waals surface area (Å²) in [6.07, 6.45) is 1.13. The standard InChI is InChI=1S/C13H17N3O3/c1-19-13(18)4-2-3-10-5-7-11(8-6-10)12(17)9-15-16-14/h5-8,12,17H,2-4,9H2,1H3. The van der Waals surface area contributed by atoms with Gasteiger partial charge in [-0.25, -0.2) is 0 Å². The molecular formula is C13H17N3O3. The molecule has 0 saturated carbocycles. The largest absolute Gasteiger partial charge is 0.469 e. The second-order valence-corrected chi connectivity index (χ2v) is 4.10. The van der Waals surface area contributed by atoms with Crippen molar-refractivity contribution in [2.75, 3.05) is 13.7 Å². The van der Waals surface area contributed by atoms with E-state index in [0.29, 0.717) is 12.0 Å². The van der Waals surface area contributed by atoms with Crippen molar-refractivity contribution in [3.8, 4) is 0 Å². The van der Waals surface area contributed by atoms with Gasteiger partial charge in [-0.05, 0) is 29.5 Å². The van der Waals surface area contributed by atoms with Gasteiger partial charge in [0.25, 0.3) is 0 Å². The predicted octanol–water partition coefficient (Wildman–Crippen LogP) is 2.53. The van der Waals surface area contributed by atoms with Gasteiger partial charge in [0.05, 0.1) is 19.8 Å². The molecule has 1 unspecified atom stereocenters. The van der Waals surface area contributed by atoms with E-state index in [1.165, 1.54) is 7.11 Å². The zero-order valence-corrected chi connectivity index (χ0v) is 10.8. The summed E-state index contributed by atoms with van der Waals surface area (Å²) in [5.41, 5.74) is 9.98. The zero-order valence-electron chi connectivity index (χ0n) is 10.8. The minimum Gasteiger partial charge on any atom is -0.469 e. The van der Waals surface area contributed by atoms with Crippen molar-refractivity contribution in [1.82, 2.24) is 0 Å². The maximum absolute atomic E-state index is 11.0. The molecule has 0 aliphatic carbocycles. The number of aliphatic hydroxyl groups excluding tert-OH is 1. The quantitative estimate of drug-likeness (QED) is 0.354. The van der Waals surface area contributed by atoms with Crippen molar-refractivity contribution in [2.45, 2.75) is 25.4 Å². The van der Waals surface area contributed by atoms with Crippen molar-refractivity contribution in [2.24, 2.45) is 5.11 Å². The van der Waals surface area contributed by atoms with Crippen LogP contribution in [0.25, 0.3) is 10.4 Å². The van der Waals surface area contributed by atoms with Gasteiger partial charge >= 0.3 is 5.97 Å². The molecule has 1 N–H and O–H groups in total. The third-order valence-corrected chi connectivity index (χ3v) is 2.76. The highest BCUT2D eigenvalue weighted by atomic mass is 16.5. The summed E-state index contributed by atoms with van der Waals surface area (Å²) >= 11 is 0. The number of aryl methyl sites for hydroxylation is 1. The van der Waals surface area contributed by atoms with Crippen LogP contribution in [-0.2, 0) is 16.0 Å². The summed E-state index contributed by atoms with van der Waals surface area (Å²) in [6, 6.07) is 7.38. The Bertz CT molecular complexity index is 453. The molecule has 0 spiro atoms. The highest BCUT2D eigenvalue weighted by Gasteiger charge is 2.06. The molecule has 0 aliphatic heterocycles. The van der Waals surface area contributed by atoms with E-state index in [9.17, 15) is 9.90 Å². The lowest BCUT2D eigenvalue weighted by atomic mass is 10.0. The number of nitrogens with zero attached hydrogens (tertiary/aromatic N) is 3. The van der Waals surface area contributed by atoms with Crippen LogP contribution in [0.1, 0.15) is 30.1 Å². The number of benzene rings is 1. The van der Waals surface area contributed by atoms with Crippen LogP contribution in [0.3, 0.4) is 0 Å². The van der Waals surface area contributed by atoms with Gasteiger partial charge in [-0.2, -0.15) is 0 Å². The van der Waals surface area contributed by atoms with Gasteiger partial charge in [0.2, 0.25) is 0 Å². The average Bonchev–Trinajstić information content (AvgIpc) is 2.45. The Labute approximate surface area is 111 Å². The fourth-order valence-corrected chi connectivity index (χ4v) is 1.66. The molecule has 0 bridgehead atoms. The van der Waals surface area contributed by atoms with Gasteiger partial charge in [0.15, 0.2) is 0 Å². The normalized spacial score (nSPS) is 11.5. The van der Waals surface area contributed by atoms with Gasteiger partial charge in [-0.15, -0.1) is 0 Å². The number of aliphatic hydroxyl groups is 1.